The molecule has 5 heteroatoms. The van der Waals surface area contributed by atoms with Crippen molar-refractivity contribution in [1.82, 2.24) is 5.32 Å². The fourth-order valence-electron chi connectivity index (χ4n) is 1.70. The number of aryl methyl sites for hydroxylation is 1. The number of carboxylic acid groups (broad SMARTS) is 1. The van der Waals surface area contributed by atoms with Crippen molar-refractivity contribution in [2.75, 3.05) is 0 Å². The van der Waals surface area contributed by atoms with Crippen LogP contribution in [0.4, 0.5) is 0 Å². The van der Waals surface area contributed by atoms with Gasteiger partial charge < -0.3 is 14.8 Å². The van der Waals surface area contributed by atoms with Crippen LogP contribution in [0.1, 0.15) is 39.7 Å². The van der Waals surface area contributed by atoms with Gasteiger partial charge in [0.05, 0.1) is 0 Å². The summed E-state index contributed by atoms with van der Waals surface area (Å²) in [4.78, 5) is 12.0. The molecule has 0 saturated carbocycles. The molecule has 1 unspecified atom stereocenters. The van der Waals surface area contributed by atoms with E-state index in [-0.39, 0.29) is 11.8 Å². The Morgan fingerprint density at radius 1 is 1.61 bits per heavy atom. The molecule has 0 spiro atoms. The molecule has 96 valence electrons. The van der Waals surface area contributed by atoms with Gasteiger partial charge in [-0.25, -0.2) is 4.79 Å². The molecule has 0 aliphatic heterocycles. The Labute approximate surface area is 109 Å². The average Bonchev–Trinajstić information content (AvgIpc) is 2.95. The third kappa shape index (κ3) is 2.80. The number of hydrogen-bond donors (Lipinski definition) is 2. The summed E-state index contributed by atoms with van der Waals surface area (Å²) in [6.07, 6.45) is 0. The minimum absolute atomic E-state index is 0.00641. The predicted octanol–water partition coefficient (Wildman–Crippen LogP) is 3.20. The van der Waals surface area contributed by atoms with Crippen LogP contribution in [0.15, 0.2) is 28.0 Å². The molecule has 0 fully saturated rings. The van der Waals surface area contributed by atoms with Crippen LogP contribution in [0.3, 0.4) is 0 Å². The lowest BCUT2D eigenvalue weighted by Gasteiger charge is -2.11. The second-order valence-corrected chi connectivity index (χ2v) is 5.09. The lowest BCUT2D eigenvalue weighted by molar-refractivity contribution is 0.0661. The first-order valence-corrected chi connectivity index (χ1v) is 6.55. The minimum atomic E-state index is -1.03. The van der Waals surface area contributed by atoms with Gasteiger partial charge in [0.25, 0.3) is 0 Å². The van der Waals surface area contributed by atoms with E-state index in [1.54, 1.807) is 24.3 Å². The summed E-state index contributed by atoms with van der Waals surface area (Å²) in [5.41, 5.74) is 0.885. The quantitative estimate of drug-likeness (QED) is 0.871. The summed E-state index contributed by atoms with van der Waals surface area (Å²) < 4.78 is 5.16. The topological polar surface area (TPSA) is 62.5 Å². The Morgan fingerprint density at radius 3 is 2.94 bits per heavy atom. The standard InChI is InChI=1S/C13H15NO3S/c1-8(12-4-3-5-18-12)14-7-10-6-11(13(15)16)17-9(10)2/h3-6,8,14H,7H2,1-2H3,(H,15,16). The second kappa shape index (κ2) is 5.37. The van der Waals surface area contributed by atoms with Crippen LogP contribution >= 0.6 is 11.3 Å². The molecule has 0 aromatic carbocycles. The third-order valence-corrected chi connectivity index (χ3v) is 3.86. The molecule has 2 N–H and O–H groups in total. The summed E-state index contributed by atoms with van der Waals surface area (Å²) in [6.45, 7) is 4.46. The Hall–Kier alpha value is -1.59. The molecule has 2 heterocycles. The maximum Gasteiger partial charge on any atom is 0.371 e. The van der Waals surface area contributed by atoms with E-state index in [9.17, 15) is 4.79 Å². The van der Waals surface area contributed by atoms with Crippen LogP contribution in [0, 0.1) is 6.92 Å². The lowest BCUT2D eigenvalue weighted by Crippen LogP contribution is -2.17. The Kier molecular flexibility index (Phi) is 3.84. The zero-order valence-corrected chi connectivity index (χ0v) is 11.1. The van der Waals surface area contributed by atoms with E-state index in [4.69, 9.17) is 9.52 Å². The van der Waals surface area contributed by atoms with E-state index in [2.05, 4.69) is 18.3 Å². The van der Waals surface area contributed by atoms with E-state index >= 15 is 0 Å². The first kappa shape index (κ1) is 12.9. The molecule has 2 rings (SSSR count). The Morgan fingerprint density at radius 2 is 2.39 bits per heavy atom. The predicted molar refractivity (Wildman–Crippen MR) is 70.0 cm³/mol. The van der Waals surface area contributed by atoms with Crippen LogP contribution in [0.2, 0.25) is 0 Å². The largest absolute Gasteiger partial charge is 0.475 e. The number of rotatable bonds is 5. The van der Waals surface area contributed by atoms with Gasteiger partial charge in [-0.2, -0.15) is 0 Å². The van der Waals surface area contributed by atoms with Crippen molar-refractivity contribution >= 4 is 17.3 Å². The summed E-state index contributed by atoms with van der Waals surface area (Å²) in [5, 5.41) is 14.2. The van der Waals surface area contributed by atoms with Crippen molar-refractivity contribution in [3.63, 3.8) is 0 Å². The highest BCUT2D eigenvalue weighted by atomic mass is 32.1. The molecule has 18 heavy (non-hydrogen) atoms. The van der Waals surface area contributed by atoms with Crippen LogP contribution in [0.25, 0.3) is 0 Å². The average molecular weight is 265 g/mol. The van der Waals surface area contributed by atoms with Gasteiger partial charge in [0.1, 0.15) is 5.76 Å². The van der Waals surface area contributed by atoms with Crippen LogP contribution in [-0.2, 0) is 6.54 Å². The van der Waals surface area contributed by atoms with E-state index in [0.29, 0.717) is 12.3 Å². The second-order valence-electron chi connectivity index (χ2n) is 4.12. The van der Waals surface area contributed by atoms with Crippen molar-refractivity contribution in [2.24, 2.45) is 0 Å². The molecule has 0 aliphatic carbocycles. The van der Waals surface area contributed by atoms with Gasteiger partial charge in [0.15, 0.2) is 0 Å². The summed E-state index contributed by atoms with van der Waals surface area (Å²) in [6, 6.07) is 5.91. The molecule has 1 atom stereocenters. The fourth-order valence-corrected chi connectivity index (χ4v) is 2.46. The van der Waals surface area contributed by atoms with Crippen LogP contribution < -0.4 is 5.32 Å². The maximum atomic E-state index is 10.8. The van der Waals surface area contributed by atoms with E-state index in [1.807, 2.05) is 11.4 Å². The molecular weight excluding hydrogens is 250 g/mol. The Bertz CT molecular complexity index is 530. The van der Waals surface area contributed by atoms with Crippen molar-refractivity contribution in [1.29, 1.82) is 0 Å². The Balaban J connectivity index is 2.00. The molecule has 4 nitrogen and oxygen atoms in total. The number of carbonyl (C=O) groups is 1. The summed E-state index contributed by atoms with van der Waals surface area (Å²) in [5.74, 6) is -0.387. The van der Waals surface area contributed by atoms with Crippen molar-refractivity contribution in [2.45, 2.75) is 26.4 Å². The minimum Gasteiger partial charge on any atom is -0.475 e. The van der Waals surface area contributed by atoms with E-state index in [1.165, 1.54) is 4.88 Å². The van der Waals surface area contributed by atoms with E-state index in [0.717, 1.165) is 5.56 Å². The highest BCUT2D eigenvalue weighted by Gasteiger charge is 2.14. The van der Waals surface area contributed by atoms with Gasteiger partial charge in [0, 0.05) is 23.0 Å². The molecule has 0 aliphatic rings. The van der Waals surface area contributed by atoms with Gasteiger partial charge >= 0.3 is 5.97 Å². The first-order valence-electron chi connectivity index (χ1n) is 5.67. The molecule has 2 aromatic rings. The van der Waals surface area contributed by atoms with Gasteiger partial charge in [0.2, 0.25) is 5.76 Å². The van der Waals surface area contributed by atoms with Gasteiger partial charge in [-0.1, -0.05) is 6.07 Å². The number of hydrogen-bond acceptors (Lipinski definition) is 4. The molecule has 0 bridgehead atoms. The number of nitrogens with one attached hydrogen (secondary N) is 1. The smallest absolute Gasteiger partial charge is 0.371 e. The zero-order valence-electron chi connectivity index (χ0n) is 10.3. The monoisotopic (exact) mass is 265 g/mol. The van der Waals surface area contributed by atoms with Gasteiger partial charge in [-0.15, -0.1) is 11.3 Å². The SMILES string of the molecule is Cc1oc(C(=O)O)cc1CNC(C)c1cccs1. The molecular formula is C13H15NO3S. The normalized spacial score (nSPS) is 12.6. The van der Waals surface area contributed by atoms with Crippen molar-refractivity contribution < 1.29 is 14.3 Å². The molecule has 0 amide bonds. The lowest BCUT2D eigenvalue weighted by atomic mass is 10.2. The van der Waals surface area contributed by atoms with Gasteiger partial charge in [-0.05, 0) is 31.4 Å². The number of carboxylic acids is 1. The maximum absolute atomic E-state index is 10.8. The molecule has 2 aromatic heterocycles. The summed E-state index contributed by atoms with van der Waals surface area (Å²) >= 11 is 1.70. The zero-order chi connectivity index (χ0) is 13.1. The first-order chi connectivity index (χ1) is 8.58. The number of furan rings is 1. The third-order valence-electron chi connectivity index (χ3n) is 2.80. The fraction of sp³-hybridized carbons (Fsp3) is 0.308. The molecule has 0 saturated heterocycles. The van der Waals surface area contributed by atoms with E-state index < -0.39 is 5.97 Å². The highest BCUT2D eigenvalue weighted by Crippen LogP contribution is 2.20. The van der Waals surface area contributed by atoms with Crippen molar-refractivity contribution in [3.8, 4) is 0 Å². The number of aromatic carboxylic acids is 1. The van der Waals surface area contributed by atoms with Crippen molar-refractivity contribution in [3.05, 3.63) is 45.5 Å². The van der Waals surface area contributed by atoms with Crippen LogP contribution in [0.5, 0.6) is 0 Å². The highest BCUT2D eigenvalue weighted by molar-refractivity contribution is 7.10. The number of thiophene rings is 1. The van der Waals surface area contributed by atoms with Crippen LogP contribution in [-0.4, -0.2) is 11.1 Å². The van der Waals surface area contributed by atoms with Gasteiger partial charge in [-0.3, -0.25) is 0 Å². The molecule has 0 radical (unpaired) electrons. The summed E-state index contributed by atoms with van der Waals surface area (Å²) in [7, 11) is 0.